The van der Waals surface area contributed by atoms with Gasteiger partial charge < -0.3 is 19.9 Å². The summed E-state index contributed by atoms with van der Waals surface area (Å²) in [6.45, 7) is 4.71. The molecule has 9 heteroatoms. The van der Waals surface area contributed by atoms with Gasteiger partial charge in [0.2, 0.25) is 0 Å². The lowest BCUT2D eigenvalue weighted by Crippen LogP contribution is -2.51. The van der Waals surface area contributed by atoms with Crippen molar-refractivity contribution in [1.82, 2.24) is 25.2 Å². The monoisotopic (exact) mass is 480 g/mol. The first-order valence-corrected chi connectivity index (χ1v) is 12.4. The Morgan fingerprint density at radius 3 is 2.66 bits per heavy atom. The molecule has 2 bridgehead atoms. The lowest BCUT2D eigenvalue weighted by Gasteiger charge is -2.34. The summed E-state index contributed by atoms with van der Waals surface area (Å²) in [5.74, 6) is -0.328. The van der Waals surface area contributed by atoms with Gasteiger partial charge in [0.15, 0.2) is 5.82 Å². The quantitative estimate of drug-likeness (QED) is 0.598. The number of nitrogens with zero attached hydrogens (tertiary/aromatic N) is 5. The molecule has 6 rings (SSSR count). The molecule has 2 unspecified atom stereocenters. The van der Waals surface area contributed by atoms with Gasteiger partial charge in [0.05, 0.1) is 5.39 Å². The van der Waals surface area contributed by atoms with Crippen molar-refractivity contribution in [3.63, 3.8) is 0 Å². The standard InChI is InChI=1S/C26H30F2N6O/c1-15-19(6-3-7-21(15)27)23-22(28)24-20(11-29-23)25(34-12-16-8-9-17(13-34)30-16)32-26(31-24)35-14-18-5-4-10-33(18)2/h3,6-7,11,16-18,30H,4-5,8-10,12-14H2,1-2H3/t16?,17?,18-/m0/s1. The smallest absolute Gasteiger partial charge is 0.319 e. The number of fused-ring (bicyclic) bond motifs is 3. The first-order valence-electron chi connectivity index (χ1n) is 12.4. The van der Waals surface area contributed by atoms with Crippen LogP contribution in [0.25, 0.3) is 22.2 Å². The minimum Gasteiger partial charge on any atom is -0.462 e. The molecule has 3 atom stereocenters. The molecule has 184 valence electrons. The maximum absolute atomic E-state index is 16.0. The predicted molar refractivity (Wildman–Crippen MR) is 131 cm³/mol. The first kappa shape index (κ1) is 22.5. The van der Waals surface area contributed by atoms with E-state index in [2.05, 4.69) is 32.1 Å². The van der Waals surface area contributed by atoms with Crippen molar-refractivity contribution in [2.75, 3.05) is 38.2 Å². The molecule has 3 saturated heterocycles. The van der Waals surface area contributed by atoms with E-state index in [0.717, 1.165) is 45.3 Å². The average molecular weight is 481 g/mol. The van der Waals surface area contributed by atoms with Gasteiger partial charge in [-0.2, -0.15) is 9.97 Å². The fraction of sp³-hybridized carbons (Fsp3) is 0.500. The first-order chi connectivity index (χ1) is 17.0. The highest BCUT2D eigenvalue weighted by molar-refractivity contribution is 5.92. The van der Waals surface area contributed by atoms with Gasteiger partial charge in [-0.15, -0.1) is 0 Å². The molecule has 1 aromatic carbocycles. The molecular weight excluding hydrogens is 450 g/mol. The van der Waals surface area contributed by atoms with Crippen molar-refractivity contribution in [1.29, 1.82) is 0 Å². The average Bonchev–Trinajstić information content (AvgIpc) is 3.43. The topological polar surface area (TPSA) is 66.4 Å². The van der Waals surface area contributed by atoms with Crippen molar-refractivity contribution in [3.8, 4) is 17.3 Å². The Labute approximate surface area is 203 Å². The largest absolute Gasteiger partial charge is 0.462 e. The minimum absolute atomic E-state index is 0.0843. The normalized spacial score (nSPS) is 24.5. The lowest BCUT2D eigenvalue weighted by atomic mass is 10.0. The SMILES string of the molecule is Cc1c(F)cccc1-c1ncc2c(N3CC4CCC(C3)N4)nc(OC[C@@H]3CCCN3C)nc2c1F. The van der Waals surface area contributed by atoms with E-state index in [-0.39, 0.29) is 17.2 Å². The zero-order valence-electron chi connectivity index (χ0n) is 20.1. The predicted octanol–water partition coefficient (Wildman–Crippen LogP) is 3.69. The van der Waals surface area contributed by atoms with Crippen LogP contribution in [0.15, 0.2) is 24.4 Å². The number of rotatable bonds is 5. The number of piperazine rings is 1. The summed E-state index contributed by atoms with van der Waals surface area (Å²) >= 11 is 0. The number of ether oxygens (including phenoxy) is 1. The summed E-state index contributed by atoms with van der Waals surface area (Å²) < 4.78 is 36.3. The van der Waals surface area contributed by atoms with Gasteiger partial charge >= 0.3 is 6.01 Å². The van der Waals surface area contributed by atoms with Gasteiger partial charge in [-0.1, -0.05) is 12.1 Å². The van der Waals surface area contributed by atoms with Crippen LogP contribution in [0.4, 0.5) is 14.6 Å². The highest BCUT2D eigenvalue weighted by Crippen LogP contribution is 2.35. The number of likely N-dealkylation sites (tertiary alicyclic amines) is 1. The minimum atomic E-state index is -0.583. The zero-order valence-corrected chi connectivity index (χ0v) is 20.1. The molecule has 3 aliphatic rings. The van der Waals surface area contributed by atoms with Crippen LogP contribution in [-0.2, 0) is 0 Å². The van der Waals surface area contributed by atoms with Gasteiger partial charge in [-0.25, -0.2) is 8.78 Å². The van der Waals surface area contributed by atoms with Crippen LogP contribution in [0, 0.1) is 18.6 Å². The summed E-state index contributed by atoms with van der Waals surface area (Å²) in [6.07, 6.45) is 6.05. The fourth-order valence-electron chi connectivity index (χ4n) is 5.71. The van der Waals surface area contributed by atoms with E-state index >= 15 is 4.39 Å². The summed E-state index contributed by atoms with van der Waals surface area (Å²) in [4.78, 5) is 18.2. The van der Waals surface area contributed by atoms with Crippen LogP contribution in [-0.4, -0.2) is 71.3 Å². The fourth-order valence-corrected chi connectivity index (χ4v) is 5.71. The Kier molecular flexibility index (Phi) is 5.76. The molecule has 7 nitrogen and oxygen atoms in total. The Hall–Kier alpha value is -2.91. The second-order valence-corrected chi connectivity index (χ2v) is 10.1. The van der Waals surface area contributed by atoms with Crippen LogP contribution in [0.3, 0.4) is 0 Å². The van der Waals surface area contributed by atoms with E-state index in [0.29, 0.717) is 47.1 Å². The summed E-state index contributed by atoms with van der Waals surface area (Å²) in [5.41, 5.74) is 1.01. The molecule has 0 radical (unpaired) electrons. The van der Waals surface area contributed by atoms with Crippen molar-refractivity contribution in [2.45, 2.75) is 50.7 Å². The number of anilines is 1. The van der Waals surface area contributed by atoms with E-state index in [4.69, 9.17) is 9.72 Å². The number of aromatic nitrogens is 3. The Morgan fingerprint density at radius 2 is 1.91 bits per heavy atom. The number of likely N-dealkylation sites (N-methyl/N-ethyl adjacent to an activating group) is 1. The van der Waals surface area contributed by atoms with Crippen molar-refractivity contribution in [3.05, 3.63) is 41.6 Å². The molecular formula is C26H30F2N6O. The molecule has 0 aliphatic carbocycles. The summed E-state index contributed by atoms with van der Waals surface area (Å²) in [5, 5.41) is 4.17. The highest BCUT2D eigenvalue weighted by atomic mass is 19.1. The second kappa shape index (κ2) is 8.95. The number of hydrogen-bond donors (Lipinski definition) is 1. The van der Waals surface area contributed by atoms with Gasteiger partial charge in [-0.05, 0) is 57.8 Å². The molecule has 5 heterocycles. The van der Waals surface area contributed by atoms with Crippen LogP contribution in [0.1, 0.15) is 31.2 Å². The zero-order chi connectivity index (χ0) is 24.1. The van der Waals surface area contributed by atoms with E-state index in [1.54, 1.807) is 25.3 Å². The van der Waals surface area contributed by atoms with E-state index < -0.39 is 11.6 Å². The van der Waals surface area contributed by atoms with Crippen LogP contribution in [0.5, 0.6) is 6.01 Å². The van der Waals surface area contributed by atoms with Crippen molar-refractivity contribution < 1.29 is 13.5 Å². The molecule has 0 saturated carbocycles. The Bertz CT molecular complexity index is 1260. The third-order valence-corrected chi connectivity index (χ3v) is 7.76. The maximum Gasteiger partial charge on any atom is 0.319 e. The molecule has 3 aliphatic heterocycles. The summed E-state index contributed by atoms with van der Waals surface area (Å²) in [7, 11) is 2.09. The van der Waals surface area contributed by atoms with Crippen molar-refractivity contribution in [2.24, 2.45) is 0 Å². The lowest BCUT2D eigenvalue weighted by molar-refractivity contribution is 0.188. The van der Waals surface area contributed by atoms with Gasteiger partial charge in [0.25, 0.3) is 0 Å². The van der Waals surface area contributed by atoms with Gasteiger partial charge in [0.1, 0.15) is 29.5 Å². The second-order valence-electron chi connectivity index (χ2n) is 10.1. The number of benzene rings is 1. The Morgan fingerprint density at radius 1 is 1.11 bits per heavy atom. The highest BCUT2D eigenvalue weighted by Gasteiger charge is 2.34. The van der Waals surface area contributed by atoms with Crippen LogP contribution in [0.2, 0.25) is 0 Å². The van der Waals surface area contributed by atoms with E-state index in [9.17, 15) is 4.39 Å². The summed E-state index contributed by atoms with van der Waals surface area (Å²) in [6, 6.07) is 5.86. The molecule has 3 fully saturated rings. The molecule has 3 aromatic rings. The number of pyridine rings is 1. The molecule has 0 amide bonds. The third kappa shape index (κ3) is 4.10. The number of hydrogen-bond acceptors (Lipinski definition) is 7. The Balaban J connectivity index is 1.44. The van der Waals surface area contributed by atoms with Crippen LogP contribution >= 0.6 is 0 Å². The molecule has 1 N–H and O–H groups in total. The molecule has 0 spiro atoms. The maximum atomic E-state index is 16.0. The van der Waals surface area contributed by atoms with E-state index in [1.807, 2.05) is 0 Å². The number of halogens is 2. The molecule has 35 heavy (non-hydrogen) atoms. The number of nitrogens with one attached hydrogen (secondary N) is 1. The van der Waals surface area contributed by atoms with Gasteiger partial charge in [0, 0.05) is 43.0 Å². The van der Waals surface area contributed by atoms with Crippen molar-refractivity contribution >= 4 is 16.7 Å². The van der Waals surface area contributed by atoms with Gasteiger partial charge in [-0.3, -0.25) is 4.98 Å². The van der Waals surface area contributed by atoms with Crippen LogP contribution < -0.4 is 15.0 Å². The van der Waals surface area contributed by atoms with E-state index in [1.165, 1.54) is 6.07 Å². The third-order valence-electron chi connectivity index (χ3n) is 7.76. The molecule has 2 aromatic heterocycles.